The first-order valence-corrected chi connectivity index (χ1v) is 4.46. The van der Waals surface area contributed by atoms with E-state index in [1.54, 1.807) is 20.0 Å². The number of nitrogens with zero attached hydrogens (tertiary/aromatic N) is 2. The number of hydrogen-bond acceptors (Lipinski definition) is 3. The first-order chi connectivity index (χ1) is 6.91. The summed E-state index contributed by atoms with van der Waals surface area (Å²) in [4.78, 5) is 22.1. The van der Waals surface area contributed by atoms with Gasteiger partial charge in [0, 0.05) is 7.05 Å². The average Bonchev–Trinajstić information content (AvgIpc) is 2.44. The van der Waals surface area contributed by atoms with Gasteiger partial charge in [0.15, 0.2) is 0 Å². The normalized spacial score (nSPS) is 12.2. The van der Waals surface area contributed by atoms with Gasteiger partial charge in [0.1, 0.15) is 11.7 Å². The van der Waals surface area contributed by atoms with Gasteiger partial charge in [-0.3, -0.25) is 14.3 Å². The van der Waals surface area contributed by atoms with Crippen LogP contribution in [0.3, 0.4) is 0 Å². The second-order valence-corrected chi connectivity index (χ2v) is 3.33. The first kappa shape index (κ1) is 11.2. The summed E-state index contributed by atoms with van der Waals surface area (Å²) >= 11 is 0. The molecule has 0 bridgehead atoms. The summed E-state index contributed by atoms with van der Waals surface area (Å²) in [5, 5.41) is 15.0. The highest BCUT2D eigenvalue weighted by atomic mass is 16.4. The molecule has 6 heteroatoms. The SMILES string of the molecule is Cc1cc(C(=O)N[C@H](C)C(=O)O)n(C)n1. The van der Waals surface area contributed by atoms with Crippen molar-refractivity contribution in [3.05, 3.63) is 17.5 Å². The maximum atomic E-state index is 11.6. The zero-order chi connectivity index (χ0) is 11.6. The van der Waals surface area contributed by atoms with E-state index in [0.717, 1.165) is 0 Å². The van der Waals surface area contributed by atoms with Crippen LogP contribution < -0.4 is 5.32 Å². The van der Waals surface area contributed by atoms with Crippen LogP contribution in [0.1, 0.15) is 23.1 Å². The highest BCUT2D eigenvalue weighted by molar-refractivity contribution is 5.95. The van der Waals surface area contributed by atoms with Gasteiger partial charge in [-0.05, 0) is 19.9 Å². The number of amides is 1. The lowest BCUT2D eigenvalue weighted by molar-refractivity contribution is -0.138. The summed E-state index contributed by atoms with van der Waals surface area (Å²) in [7, 11) is 1.63. The monoisotopic (exact) mass is 211 g/mol. The fraction of sp³-hybridized carbons (Fsp3) is 0.444. The molecule has 1 rings (SSSR count). The summed E-state index contributed by atoms with van der Waals surface area (Å²) in [6, 6.07) is 0.692. The van der Waals surface area contributed by atoms with E-state index in [1.165, 1.54) is 11.6 Å². The Kier molecular flexibility index (Phi) is 3.08. The average molecular weight is 211 g/mol. The number of nitrogens with one attached hydrogen (secondary N) is 1. The van der Waals surface area contributed by atoms with Crippen molar-refractivity contribution in [1.82, 2.24) is 15.1 Å². The van der Waals surface area contributed by atoms with E-state index in [-0.39, 0.29) is 0 Å². The Bertz CT molecular complexity index is 397. The molecule has 2 N–H and O–H groups in total. The molecule has 0 spiro atoms. The van der Waals surface area contributed by atoms with Crippen LogP contribution in [-0.4, -0.2) is 32.8 Å². The van der Waals surface area contributed by atoms with Crippen molar-refractivity contribution in [3.8, 4) is 0 Å². The predicted octanol–water partition coefficient (Wildman–Crippen LogP) is -0.0686. The zero-order valence-corrected chi connectivity index (χ0v) is 8.81. The number of aliphatic carboxylic acids is 1. The molecule has 1 amide bonds. The summed E-state index contributed by atoms with van der Waals surface area (Å²) in [6.07, 6.45) is 0. The van der Waals surface area contributed by atoms with Crippen molar-refractivity contribution in [2.45, 2.75) is 19.9 Å². The molecule has 0 aliphatic rings. The lowest BCUT2D eigenvalue weighted by Gasteiger charge is -2.08. The van der Waals surface area contributed by atoms with Crippen LogP contribution in [0.4, 0.5) is 0 Å². The Morgan fingerprint density at radius 3 is 2.60 bits per heavy atom. The minimum absolute atomic E-state index is 0.348. The van der Waals surface area contributed by atoms with Gasteiger partial charge >= 0.3 is 5.97 Å². The standard InChI is InChI=1S/C9H13N3O3/c1-5-4-7(12(3)11-5)8(13)10-6(2)9(14)15/h4,6H,1-3H3,(H,10,13)(H,14,15)/t6-/m1/s1. The van der Waals surface area contributed by atoms with E-state index in [1.807, 2.05) is 0 Å². The Morgan fingerprint density at radius 1 is 1.60 bits per heavy atom. The molecule has 1 heterocycles. The van der Waals surface area contributed by atoms with E-state index in [9.17, 15) is 9.59 Å². The van der Waals surface area contributed by atoms with Crippen molar-refractivity contribution >= 4 is 11.9 Å². The van der Waals surface area contributed by atoms with Gasteiger partial charge in [0.05, 0.1) is 5.69 Å². The summed E-state index contributed by atoms with van der Waals surface area (Å²) in [5.41, 5.74) is 1.06. The summed E-state index contributed by atoms with van der Waals surface area (Å²) in [6.45, 7) is 3.17. The van der Waals surface area contributed by atoms with E-state index >= 15 is 0 Å². The van der Waals surface area contributed by atoms with Crippen LogP contribution in [0.15, 0.2) is 6.07 Å². The second-order valence-electron chi connectivity index (χ2n) is 3.33. The van der Waals surface area contributed by atoms with Crippen LogP contribution in [0.5, 0.6) is 0 Å². The van der Waals surface area contributed by atoms with Gasteiger partial charge in [-0.2, -0.15) is 5.10 Å². The molecule has 82 valence electrons. The Morgan fingerprint density at radius 2 is 2.20 bits per heavy atom. The lowest BCUT2D eigenvalue weighted by atomic mass is 10.3. The summed E-state index contributed by atoms with van der Waals surface area (Å²) in [5.74, 6) is -1.50. The zero-order valence-electron chi connectivity index (χ0n) is 8.81. The predicted molar refractivity (Wildman–Crippen MR) is 52.5 cm³/mol. The maximum absolute atomic E-state index is 11.6. The molecule has 6 nitrogen and oxygen atoms in total. The van der Waals surface area contributed by atoms with Gasteiger partial charge < -0.3 is 10.4 Å². The van der Waals surface area contributed by atoms with Crippen LogP contribution in [0, 0.1) is 6.92 Å². The number of carbonyl (C=O) groups excluding carboxylic acids is 1. The van der Waals surface area contributed by atoms with Crippen molar-refractivity contribution in [2.24, 2.45) is 7.05 Å². The molecule has 0 aromatic carbocycles. The number of carbonyl (C=O) groups is 2. The number of aromatic nitrogens is 2. The quantitative estimate of drug-likeness (QED) is 0.733. The molecule has 1 aromatic rings. The van der Waals surface area contributed by atoms with E-state index in [2.05, 4.69) is 10.4 Å². The van der Waals surface area contributed by atoms with E-state index in [4.69, 9.17) is 5.11 Å². The highest BCUT2D eigenvalue weighted by Gasteiger charge is 2.17. The Balaban J connectivity index is 2.77. The lowest BCUT2D eigenvalue weighted by Crippen LogP contribution is -2.39. The van der Waals surface area contributed by atoms with Crippen molar-refractivity contribution in [3.63, 3.8) is 0 Å². The van der Waals surface area contributed by atoms with Crippen molar-refractivity contribution < 1.29 is 14.7 Å². The van der Waals surface area contributed by atoms with E-state index < -0.39 is 17.9 Å². The molecular formula is C9H13N3O3. The maximum Gasteiger partial charge on any atom is 0.325 e. The first-order valence-electron chi connectivity index (χ1n) is 4.46. The van der Waals surface area contributed by atoms with Crippen molar-refractivity contribution in [2.75, 3.05) is 0 Å². The third-order valence-corrected chi connectivity index (χ3v) is 1.95. The molecule has 15 heavy (non-hydrogen) atoms. The smallest absolute Gasteiger partial charge is 0.325 e. The van der Waals surface area contributed by atoms with E-state index in [0.29, 0.717) is 11.4 Å². The Labute approximate surface area is 86.9 Å². The second kappa shape index (κ2) is 4.12. The molecule has 0 radical (unpaired) electrons. The largest absolute Gasteiger partial charge is 0.480 e. The van der Waals surface area contributed by atoms with Gasteiger partial charge in [0.25, 0.3) is 5.91 Å². The van der Waals surface area contributed by atoms with Gasteiger partial charge in [-0.25, -0.2) is 0 Å². The topological polar surface area (TPSA) is 84.2 Å². The molecule has 0 saturated heterocycles. The number of hydrogen-bond donors (Lipinski definition) is 2. The number of carboxylic acid groups (broad SMARTS) is 1. The minimum Gasteiger partial charge on any atom is -0.480 e. The number of rotatable bonds is 3. The fourth-order valence-electron chi connectivity index (χ4n) is 1.16. The number of carboxylic acids is 1. The third-order valence-electron chi connectivity index (χ3n) is 1.95. The van der Waals surface area contributed by atoms with Crippen molar-refractivity contribution in [1.29, 1.82) is 0 Å². The van der Waals surface area contributed by atoms with Gasteiger partial charge in [0.2, 0.25) is 0 Å². The molecule has 0 aliphatic heterocycles. The molecule has 0 unspecified atom stereocenters. The molecular weight excluding hydrogens is 198 g/mol. The third kappa shape index (κ3) is 2.55. The molecule has 1 aromatic heterocycles. The minimum atomic E-state index is -1.07. The molecule has 1 atom stereocenters. The van der Waals surface area contributed by atoms with Crippen LogP contribution in [0.2, 0.25) is 0 Å². The Hall–Kier alpha value is -1.85. The highest BCUT2D eigenvalue weighted by Crippen LogP contribution is 2.01. The van der Waals surface area contributed by atoms with Crippen LogP contribution in [0.25, 0.3) is 0 Å². The van der Waals surface area contributed by atoms with Gasteiger partial charge in [-0.1, -0.05) is 0 Å². The molecule has 0 saturated carbocycles. The van der Waals surface area contributed by atoms with Crippen LogP contribution in [-0.2, 0) is 11.8 Å². The van der Waals surface area contributed by atoms with Crippen LogP contribution >= 0.6 is 0 Å². The fourth-order valence-corrected chi connectivity index (χ4v) is 1.16. The molecule has 0 aliphatic carbocycles. The molecule has 0 fully saturated rings. The summed E-state index contributed by atoms with van der Waals surface area (Å²) < 4.78 is 1.42. The van der Waals surface area contributed by atoms with Gasteiger partial charge in [-0.15, -0.1) is 0 Å². The number of aryl methyl sites for hydroxylation is 2.